The minimum atomic E-state index is -2.81. The highest BCUT2D eigenvalue weighted by atomic mass is 32.2. The van der Waals surface area contributed by atoms with Gasteiger partial charge in [-0.25, -0.2) is 8.42 Å². The third-order valence-electron chi connectivity index (χ3n) is 4.05. The minimum absolute atomic E-state index is 0.299. The Kier molecular flexibility index (Phi) is 5.51. The van der Waals surface area contributed by atoms with Crippen molar-refractivity contribution in [2.75, 3.05) is 18.6 Å². The van der Waals surface area contributed by atoms with Crippen molar-refractivity contribution in [2.24, 2.45) is 0 Å². The molecule has 0 amide bonds. The summed E-state index contributed by atoms with van der Waals surface area (Å²) in [6.07, 6.45) is 1.43. The second-order valence-electron chi connectivity index (χ2n) is 6.80. The summed E-state index contributed by atoms with van der Waals surface area (Å²) in [5.74, 6) is 6.35. The SMILES string of the molecule is CN(Cc1ccc(C#CC(C)(C)O)cc1)C1CCS(=O)(=O)CC1. The van der Waals surface area contributed by atoms with Crippen molar-refractivity contribution in [3.63, 3.8) is 0 Å². The first-order chi connectivity index (χ1) is 10.6. The van der Waals surface area contributed by atoms with Crippen LogP contribution < -0.4 is 0 Å². The largest absolute Gasteiger partial charge is 0.378 e. The van der Waals surface area contributed by atoms with Crippen molar-refractivity contribution < 1.29 is 13.5 Å². The van der Waals surface area contributed by atoms with Crippen LogP contribution in [0.25, 0.3) is 0 Å². The van der Waals surface area contributed by atoms with Gasteiger partial charge in [0.25, 0.3) is 0 Å². The molecule has 0 radical (unpaired) electrons. The van der Waals surface area contributed by atoms with Crippen LogP contribution in [0, 0.1) is 11.8 Å². The standard InChI is InChI=1S/C18H25NO3S/c1-18(2,20)11-8-15-4-6-16(7-5-15)14-19(3)17-9-12-23(21,22)13-10-17/h4-7,17,20H,9-10,12-14H2,1-3H3. The molecule has 1 aliphatic rings. The highest BCUT2D eigenvalue weighted by molar-refractivity contribution is 7.91. The number of hydrogen-bond donors (Lipinski definition) is 1. The molecule has 1 saturated heterocycles. The zero-order chi connectivity index (χ0) is 17.1. The molecule has 0 saturated carbocycles. The van der Waals surface area contributed by atoms with Gasteiger partial charge in [-0.15, -0.1) is 0 Å². The molecule has 126 valence electrons. The summed E-state index contributed by atoms with van der Waals surface area (Å²) >= 11 is 0. The molecule has 0 spiro atoms. The lowest BCUT2D eigenvalue weighted by molar-refractivity contribution is 0.143. The third-order valence-corrected chi connectivity index (χ3v) is 5.76. The molecule has 4 nitrogen and oxygen atoms in total. The van der Waals surface area contributed by atoms with Gasteiger partial charge in [0.05, 0.1) is 11.5 Å². The van der Waals surface area contributed by atoms with Gasteiger partial charge in [0, 0.05) is 18.2 Å². The second-order valence-corrected chi connectivity index (χ2v) is 9.11. The van der Waals surface area contributed by atoms with Crippen molar-refractivity contribution in [3.8, 4) is 11.8 Å². The molecule has 1 heterocycles. The highest BCUT2D eigenvalue weighted by Crippen LogP contribution is 2.19. The Balaban J connectivity index is 1.94. The van der Waals surface area contributed by atoms with Crippen molar-refractivity contribution in [1.82, 2.24) is 4.90 Å². The Morgan fingerprint density at radius 2 is 1.78 bits per heavy atom. The van der Waals surface area contributed by atoms with Gasteiger partial charge < -0.3 is 5.11 Å². The fraction of sp³-hybridized carbons (Fsp3) is 0.556. The first kappa shape index (κ1) is 18.0. The predicted octanol–water partition coefficient (Wildman–Crippen LogP) is 1.82. The number of benzene rings is 1. The number of nitrogens with zero attached hydrogens (tertiary/aromatic N) is 1. The average Bonchev–Trinajstić information content (AvgIpc) is 2.45. The number of hydrogen-bond acceptors (Lipinski definition) is 4. The molecule has 0 aromatic heterocycles. The molecule has 5 heteroatoms. The van der Waals surface area contributed by atoms with Crippen LogP contribution in [0.3, 0.4) is 0 Å². The van der Waals surface area contributed by atoms with E-state index in [1.165, 1.54) is 5.56 Å². The predicted molar refractivity (Wildman–Crippen MR) is 92.8 cm³/mol. The fourth-order valence-electron chi connectivity index (χ4n) is 2.65. The molecule has 2 rings (SSSR count). The summed E-state index contributed by atoms with van der Waals surface area (Å²) in [7, 11) is -0.762. The maximum atomic E-state index is 11.5. The fourth-order valence-corrected chi connectivity index (χ4v) is 4.12. The van der Waals surface area contributed by atoms with Crippen LogP contribution in [0.1, 0.15) is 37.8 Å². The molecule has 1 N–H and O–H groups in total. The van der Waals surface area contributed by atoms with E-state index in [-0.39, 0.29) is 0 Å². The molecule has 1 aliphatic heterocycles. The lowest BCUT2D eigenvalue weighted by Gasteiger charge is -2.31. The van der Waals surface area contributed by atoms with E-state index in [2.05, 4.69) is 16.7 Å². The van der Waals surface area contributed by atoms with Gasteiger partial charge in [0.15, 0.2) is 0 Å². The van der Waals surface area contributed by atoms with Crippen LogP contribution in [-0.2, 0) is 16.4 Å². The van der Waals surface area contributed by atoms with Gasteiger partial charge in [-0.3, -0.25) is 4.90 Å². The van der Waals surface area contributed by atoms with E-state index in [0.29, 0.717) is 30.4 Å². The molecular weight excluding hydrogens is 310 g/mol. The Bertz CT molecular complexity index is 677. The van der Waals surface area contributed by atoms with Crippen LogP contribution in [0.5, 0.6) is 0 Å². The summed E-state index contributed by atoms with van der Waals surface area (Å²) in [6, 6.07) is 8.29. The van der Waals surface area contributed by atoms with Crippen LogP contribution in [0.15, 0.2) is 24.3 Å². The Hall–Kier alpha value is -1.35. The molecule has 1 aromatic carbocycles. The average molecular weight is 335 g/mol. The monoisotopic (exact) mass is 335 g/mol. The Morgan fingerprint density at radius 3 is 2.30 bits per heavy atom. The second kappa shape index (κ2) is 7.04. The van der Waals surface area contributed by atoms with Crippen molar-refractivity contribution in [1.29, 1.82) is 0 Å². The van der Waals surface area contributed by atoms with Crippen LogP contribution in [0.2, 0.25) is 0 Å². The normalized spacial score (nSPS) is 18.5. The van der Waals surface area contributed by atoms with Crippen LogP contribution in [0.4, 0.5) is 0 Å². The smallest absolute Gasteiger partial charge is 0.150 e. The van der Waals surface area contributed by atoms with Crippen molar-refractivity contribution >= 4 is 9.84 Å². The molecule has 1 fully saturated rings. The summed E-state index contributed by atoms with van der Waals surface area (Å²) in [4.78, 5) is 2.23. The van der Waals surface area contributed by atoms with E-state index in [0.717, 1.165) is 12.1 Å². The zero-order valence-corrected chi connectivity index (χ0v) is 14.9. The van der Waals surface area contributed by atoms with Gasteiger partial charge in [-0.2, -0.15) is 0 Å². The van der Waals surface area contributed by atoms with Gasteiger partial charge in [0.1, 0.15) is 15.4 Å². The van der Waals surface area contributed by atoms with E-state index < -0.39 is 15.4 Å². The highest BCUT2D eigenvalue weighted by Gasteiger charge is 2.26. The molecule has 23 heavy (non-hydrogen) atoms. The maximum absolute atomic E-state index is 11.5. The van der Waals surface area contributed by atoms with Gasteiger partial charge in [0.2, 0.25) is 0 Å². The third kappa shape index (κ3) is 5.98. The van der Waals surface area contributed by atoms with E-state index in [9.17, 15) is 13.5 Å². The van der Waals surface area contributed by atoms with Gasteiger partial charge in [-0.05, 0) is 51.4 Å². The van der Waals surface area contributed by atoms with Crippen LogP contribution in [-0.4, -0.2) is 48.6 Å². The molecule has 0 bridgehead atoms. The quantitative estimate of drug-likeness (QED) is 0.856. The molecule has 0 aliphatic carbocycles. The lowest BCUT2D eigenvalue weighted by Crippen LogP contribution is -2.38. The Morgan fingerprint density at radius 1 is 1.22 bits per heavy atom. The van der Waals surface area contributed by atoms with E-state index >= 15 is 0 Å². The van der Waals surface area contributed by atoms with Crippen LogP contribution >= 0.6 is 0 Å². The topological polar surface area (TPSA) is 57.6 Å². The summed E-state index contributed by atoms with van der Waals surface area (Å²) < 4.78 is 23.0. The first-order valence-corrected chi connectivity index (χ1v) is 9.72. The van der Waals surface area contributed by atoms with E-state index in [1.54, 1.807) is 13.8 Å². The van der Waals surface area contributed by atoms with Crippen molar-refractivity contribution in [3.05, 3.63) is 35.4 Å². The minimum Gasteiger partial charge on any atom is -0.378 e. The molecular formula is C18H25NO3S. The van der Waals surface area contributed by atoms with Gasteiger partial charge in [-0.1, -0.05) is 24.0 Å². The summed E-state index contributed by atoms with van der Waals surface area (Å²) in [6.45, 7) is 4.12. The van der Waals surface area contributed by atoms with E-state index in [1.807, 2.05) is 31.3 Å². The molecule has 1 aromatic rings. The molecule has 0 unspecified atom stereocenters. The molecule has 0 atom stereocenters. The summed E-state index contributed by atoms with van der Waals surface area (Å²) in [5, 5.41) is 9.61. The number of sulfone groups is 1. The van der Waals surface area contributed by atoms with Crippen molar-refractivity contribution in [2.45, 2.75) is 44.9 Å². The number of rotatable bonds is 3. The van der Waals surface area contributed by atoms with E-state index in [4.69, 9.17) is 0 Å². The van der Waals surface area contributed by atoms with Gasteiger partial charge >= 0.3 is 0 Å². The maximum Gasteiger partial charge on any atom is 0.150 e. The summed E-state index contributed by atoms with van der Waals surface area (Å²) in [5.41, 5.74) is 1.07. The zero-order valence-electron chi connectivity index (χ0n) is 14.0. The lowest BCUT2D eigenvalue weighted by atomic mass is 10.1. The number of aliphatic hydroxyl groups is 1. The Labute approximate surface area is 139 Å². The first-order valence-electron chi connectivity index (χ1n) is 7.90.